The minimum Gasteiger partial charge on any atom is -0.493 e. The van der Waals surface area contributed by atoms with Crippen LogP contribution in [0.25, 0.3) is 0 Å². The maximum Gasteiger partial charge on any atom is 0.410 e. The molecule has 1 aliphatic rings. The number of carbonyl (C=O) groups is 4. The van der Waals surface area contributed by atoms with E-state index < -0.39 is 65.9 Å². The Bertz CT molecular complexity index is 1670. The molecule has 2 N–H and O–H groups in total. The van der Waals surface area contributed by atoms with E-state index in [1.54, 1.807) is 18.2 Å². The molecule has 0 bridgehead atoms. The average Bonchev–Trinajstić information content (AvgIpc) is 3.30. The van der Waals surface area contributed by atoms with E-state index in [2.05, 4.69) is 5.32 Å². The molecule has 0 saturated carbocycles. The first-order chi connectivity index (χ1) is 24.1. The van der Waals surface area contributed by atoms with Gasteiger partial charge in [0.2, 0.25) is 12.0 Å². The molecule has 3 aromatic rings. The summed E-state index contributed by atoms with van der Waals surface area (Å²) < 4.78 is 67.3. The van der Waals surface area contributed by atoms with Gasteiger partial charge in [0.15, 0.2) is 42.5 Å². The molecule has 3 unspecified atom stereocenters. The van der Waals surface area contributed by atoms with Gasteiger partial charge in [-0.3, -0.25) is 14.5 Å². The lowest BCUT2D eigenvalue weighted by atomic mass is 9.86. The van der Waals surface area contributed by atoms with Crippen LogP contribution in [0.15, 0.2) is 54.6 Å². The van der Waals surface area contributed by atoms with E-state index in [0.717, 1.165) is 17.0 Å². The van der Waals surface area contributed by atoms with E-state index in [9.17, 15) is 28.7 Å². The molecule has 3 atom stereocenters. The highest BCUT2D eigenvalue weighted by Gasteiger charge is 2.46. The van der Waals surface area contributed by atoms with Gasteiger partial charge in [-0.2, -0.15) is 0 Å². The molecule has 0 spiro atoms. The van der Waals surface area contributed by atoms with Crippen LogP contribution in [0, 0.1) is 17.6 Å². The summed E-state index contributed by atoms with van der Waals surface area (Å²) in [6, 6.07) is 10.3. The van der Waals surface area contributed by atoms with Gasteiger partial charge in [0.05, 0.1) is 31.4 Å². The maximum absolute atomic E-state index is 15.4. The molecule has 268 valence electrons. The lowest BCUT2D eigenvalue weighted by Crippen LogP contribution is -2.58. The predicted octanol–water partition coefficient (Wildman–Crippen LogP) is 4.50. The van der Waals surface area contributed by atoms with Gasteiger partial charge < -0.3 is 43.6 Å². The van der Waals surface area contributed by atoms with Crippen molar-refractivity contribution in [2.24, 2.45) is 5.92 Å². The number of hydrogen-bond donors (Lipinski definition) is 2. The van der Waals surface area contributed by atoms with E-state index in [4.69, 9.17) is 33.2 Å². The number of ketones is 1. The van der Waals surface area contributed by atoms with Crippen LogP contribution in [0.5, 0.6) is 23.0 Å². The number of halogens is 2. The van der Waals surface area contributed by atoms with Crippen LogP contribution < -0.4 is 24.3 Å². The highest BCUT2D eigenvalue weighted by atomic mass is 19.2. The number of carboxylic acid groups (broad SMARTS) is 1. The van der Waals surface area contributed by atoms with Crippen molar-refractivity contribution < 1.29 is 66.2 Å². The number of rotatable bonds is 14. The largest absolute Gasteiger partial charge is 0.493 e. The van der Waals surface area contributed by atoms with E-state index >= 15 is 4.39 Å². The molecule has 16 heteroatoms. The Morgan fingerprint density at radius 3 is 2.10 bits per heavy atom. The van der Waals surface area contributed by atoms with Crippen LogP contribution in [0.4, 0.5) is 13.6 Å². The molecule has 0 aliphatic carbocycles. The van der Waals surface area contributed by atoms with Crippen LogP contribution >= 0.6 is 0 Å². The number of ether oxygens (including phenoxy) is 7. The van der Waals surface area contributed by atoms with Gasteiger partial charge >= 0.3 is 12.1 Å². The minimum absolute atomic E-state index is 0.00679. The second-order valence-electron chi connectivity index (χ2n) is 10.8. The summed E-state index contributed by atoms with van der Waals surface area (Å²) in [5.74, 6) is -7.44. The Balaban J connectivity index is 1.86. The number of esters is 1. The van der Waals surface area contributed by atoms with Crippen molar-refractivity contribution in [1.29, 1.82) is 0 Å². The SMILES string of the molecule is COCOc1ccc(F)c(F)c1C(=O)C1CCCN(C(=O)O)C(OC(=O)c2ccccc2)C1NC(=O)c1cc(OC)c(OCOC)c(OC)c1. The quantitative estimate of drug-likeness (QED) is 0.137. The Morgan fingerprint density at radius 1 is 0.860 bits per heavy atom. The van der Waals surface area contributed by atoms with E-state index in [0.29, 0.717) is 0 Å². The fourth-order valence-corrected chi connectivity index (χ4v) is 5.44. The summed E-state index contributed by atoms with van der Waals surface area (Å²) in [5.41, 5.74) is -0.858. The maximum atomic E-state index is 15.4. The Morgan fingerprint density at radius 2 is 1.50 bits per heavy atom. The van der Waals surface area contributed by atoms with Gasteiger partial charge in [0.25, 0.3) is 5.91 Å². The number of hydrogen-bond acceptors (Lipinski definition) is 11. The van der Waals surface area contributed by atoms with Crippen LogP contribution in [0.1, 0.15) is 43.9 Å². The van der Waals surface area contributed by atoms with Gasteiger partial charge in [-0.15, -0.1) is 0 Å². The highest BCUT2D eigenvalue weighted by Crippen LogP contribution is 2.39. The molecule has 1 fully saturated rings. The van der Waals surface area contributed by atoms with Crippen LogP contribution in [-0.4, -0.2) is 94.6 Å². The average molecular weight is 703 g/mol. The topological polar surface area (TPSA) is 168 Å². The summed E-state index contributed by atoms with van der Waals surface area (Å²) in [7, 11) is 5.31. The van der Waals surface area contributed by atoms with Gasteiger partial charge in [-0.25, -0.2) is 18.4 Å². The third-order valence-corrected chi connectivity index (χ3v) is 7.76. The fraction of sp³-hybridized carbons (Fsp3) is 0.353. The number of methoxy groups -OCH3 is 4. The molecule has 1 aliphatic heterocycles. The van der Waals surface area contributed by atoms with Gasteiger partial charge in [-0.05, 0) is 49.2 Å². The number of likely N-dealkylation sites (tertiary alicyclic amines) is 1. The summed E-state index contributed by atoms with van der Waals surface area (Å²) in [6.45, 7) is -0.853. The van der Waals surface area contributed by atoms with Crippen molar-refractivity contribution in [3.8, 4) is 23.0 Å². The van der Waals surface area contributed by atoms with Crippen molar-refractivity contribution >= 4 is 23.8 Å². The number of Topliss-reactive ketones (excluding diaryl/α,β-unsaturated/α-hetero) is 1. The molecule has 0 aromatic heterocycles. The first kappa shape index (κ1) is 37.3. The minimum atomic E-state index is -1.83. The first-order valence-corrected chi connectivity index (χ1v) is 15.1. The zero-order valence-corrected chi connectivity index (χ0v) is 27.6. The van der Waals surface area contributed by atoms with Crippen molar-refractivity contribution in [2.45, 2.75) is 25.1 Å². The Hall–Kier alpha value is -5.48. The second kappa shape index (κ2) is 17.3. The Labute approximate surface area is 285 Å². The molecule has 4 rings (SSSR count). The summed E-state index contributed by atoms with van der Waals surface area (Å²) in [5, 5.41) is 12.9. The molecular formula is C34H36F2N2O12. The van der Waals surface area contributed by atoms with Gasteiger partial charge in [-0.1, -0.05) is 18.2 Å². The summed E-state index contributed by atoms with van der Waals surface area (Å²) in [4.78, 5) is 55.0. The third-order valence-electron chi connectivity index (χ3n) is 7.76. The fourth-order valence-electron chi connectivity index (χ4n) is 5.44. The standard InChI is InChI=1S/C34H36F2N2O12/c1-44-17-48-23-13-12-22(35)27(36)26(23)29(39)21-11-8-14-38(34(42)43)32(50-33(41)19-9-6-5-7-10-19)28(21)37-31(40)20-15-24(46-3)30(49-18-45-2)25(16-20)47-4/h5-7,9-10,12-13,15-16,21,28,32H,8,11,14,17-18H2,1-4H3,(H,37,40)(H,42,43). The molecule has 3 aromatic carbocycles. The lowest BCUT2D eigenvalue weighted by Gasteiger charge is -2.35. The Kier molecular flexibility index (Phi) is 12.9. The van der Waals surface area contributed by atoms with Crippen LogP contribution in [-0.2, 0) is 14.2 Å². The zero-order chi connectivity index (χ0) is 36.4. The van der Waals surface area contributed by atoms with Crippen molar-refractivity contribution in [1.82, 2.24) is 10.2 Å². The normalized spacial score (nSPS) is 17.2. The van der Waals surface area contributed by atoms with Crippen LogP contribution in [0.3, 0.4) is 0 Å². The molecule has 0 radical (unpaired) electrons. The number of amides is 2. The molecule has 1 saturated heterocycles. The van der Waals surface area contributed by atoms with Crippen LogP contribution in [0.2, 0.25) is 0 Å². The predicted molar refractivity (Wildman–Crippen MR) is 170 cm³/mol. The zero-order valence-electron chi connectivity index (χ0n) is 27.6. The number of nitrogens with zero attached hydrogens (tertiary/aromatic N) is 1. The highest BCUT2D eigenvalue weighted by molar-refractivity contribution is 6.02. The lowest BCUT2D eigenvalue weighted by molar-refractivity contribution is -0.0416. The monoisotopic (exact) mass is 702 g/mol. The number of nitrogens with one attached hydrogen (secondary N) is 1. The number of carbonyl (C=O) groups excluding carboxylic acids is 3. The molecule has 1 heterocycles. The molecular weight excluding hydrogens is 666 g/mol. The second-order valence-corrected chi connectivity index (χ2v) is 10.8. The van der Waals surface area contributed by atoms with E-state index in [-0.39, 0.29) is 60.3 Å². The smallest absolute Gasteiger partial charge is 0.410 e. The van der Waals surface area contributed by atoms with E-state index in [1.165, 1.54) is 52.7 Å². The van der Waals surface area contributed by atoms with Crippen molar-refractivity contribution in [3.05, 3.63) is 82.9 Å². The van der Waals surface area contributed by atoms with Crippen molar-refractivity contribution in [2.75, 3.05) is 48.6 Å². The number of benzene rings is 3. The first-order valence-electron chi connectivity index (χ1n) is 15.1. The van der Waals surface area contributed by atoms with Gasteiger partial charge in [0.1, 0.15) is 5.75 Å². The molecule has 14 nitrogen and oxygen atoms in total. The summed E-state index contributed by atoms with van der Waals surface area (Å²) in [6.07, 6.45) is -3.50. The third kappa shape index (κ3) is 8.38. The summed E-state index contributed by atoms with van der Waals surface area (Å²) >= 11 is 0. The molecule has 2 amide bonds. The molecule has 50 heavy (non-hydrogen) atoms. The van der Waals surface area contributed by atoms with Gasteiger partial charge in [0, 0.05) is 32.2 Å². The van der Waals surface area contributed by atoms with Crippen molar-refractivity contribution in [3.63, 3.8) is 0 Å². The van der Waals surface area contributed by atoms with E-state index in [1.807, 2.05) is 0 Å².